The molecule has 1 aliphatic rings. The van der Waals surface area contributed by atoms with Crippen LogP contribution in [0.5, 0.6) is 0 Å². The second-order valence-corrected chi connectivity index (χ2v) is 5.80. The second-order valence-electron chi connectivity index (χ2n) is 5.02. The lowest BCUT2D eigenvalue weighted by molar-refractivity contribution is 0.0108. The normalized spacial score (nSPS) is 19.4. The molecule has 0 amide bonds. The van der Waals surface area contributed by atoms with Gasteiger partial charge in [0, 0.05) is 19.8 Å². The standard InChI is InChI=1S/C14H23NOS/c1-2-15-12-14(6-8-16-9-7-14)5-3-13-4-10-17-11-13/h4,10-11,15H,2-3,5-9,12H2,1H3. The van der Waals surface area contributed by atoms with E-state index in [0.29, 0.717) is 5.41 Å². The lowest BCUT2D eigenvalue weighted by Crippen LogP contribution is -2.39. The first-order chi connectivity index (χ1) is 8.35. The third-order valence-corrected chi connectivity index (χ3v) is 4.56. The molecule has 2 rings (SSSR count). The Hall–Kier alpha value is -0.380. The van der Waals surface area contributed by atoms with Crippen LogP contribution in [0.2, 0.25) is 0 Å². The number of ether oxygens (including phenoxy) is 1. The first-order valence-corrected chi connectivity index (χ1v) is 7.58. The van der Waals surface area contributed by atoms with Crippen molar-refractivity contribution in [3.05, 3.63) is 22.4 Å². The molecule has 1 aromatic rings. The predicted octanol–water partition coefficient (Wildman–Crippen LogP) is 3.09. The zero-order valence-electron chi connectivity index (χ0n) is 10.7. The molecule has 0 saturated carbocycles. The van der Waals surface area contributed by atoms with E-state index in [1.165, 1.54) is 31.2 Å². The quantitative estimate of drug-likeness (QED) is 0.841. The van der Waals surface area contributed by atoms with Crippen molar-refractivity contribution in [2.75, 3.05) is 26.3 Å². The van der Waals surface area contributed by atoms with E-state index in [9.17, 15) is 0 Å². The van der Waals surface area contributed by atoms with E-state index >= 15 is 0 Å². The van der Waals surface area contributed by atoms with Crippen LogP contribution in [-0.2, 0) is 11.2 Å². The van der Waals surface area contributed by atoms with Crippen LogP contribution in [0.15, 0.2) is 16.8 Å². The van der Waals surface area contributed by atoms with Gasteiger partial charge in [0.15, 0.2) is 0 Å². The second kappa shape index (κ2) is 6.53. The molecule has 0 atom stereocenters. The molecule has 0 aliphatic carbocycles. The van der Waals surface area contributed by atoms with Gasteiger partial charge in [-0.25, -0.2) is 0 Å². The van der Waals surface area contributed by atoms with Gasteiger partial charge in [-0.15, -0.1) is 0 Å². The van der Waals surface area contributed by atoms with Crippen molar-refractivity contribution >= 4 is 11.3 Å². The largest absolute Gasteiger partial charge is 0.381 e. The summed E-state index contributed by atoms with van der Waals surface area (Å²) in [6, 6.07) is 2.25. The number of nitrogens with one attached hydrogen (secondary N) is 1. The van der Waals surface area contributed by atoms with Gasteiger partial charge in [-0.1, -0.05) is 6.92 Å². The summed E-state index contributed by atoms with van der Waals surface area (Å²) in [5, 5.41) is 7.99. The van der Waals surface area contributed by atoms with E-state index in [2.05, 4.69) is 29.1 Å². The molecule has 1 N–H and O–H groups in total. The minimum atomic E-state index is 0.468. The first-order valence-electron chi connectivity index (χ1n) is 6.64. The summed E-state index contributed by atoms with van der Waals surface area (Å²) in [6.07, 6.45) is 4.93. The highest BCUT2D eigenvalue weighted by Crippen LogP contribution is 2.35. The van der Waals surface area contributed by atoms with E-state index in [1.807, 2.05) is 0 Å². The molecule has 1 aliphatic heterocycles. The van der Waals surface area contributed by atoms with Gasteiger partial charge in [0.1, 0.15) is 0 Å². The average molecular weight is 253 g/mol. The van der Waals surface area contributed by atoms with Crippen molar-refractivity contribution in [3.63, 3.8) is 0 Å². The number of hydrogen-bond acceptors (Lipinski definition) is 3. The maximum absolute atomic E-state index is 5.52. The van der Waals surface area contributed by atoms with Crippen molar-refractivity contribution in [2.24, 2.45) is 5.41 Å². The SMILES string of the molecule is CCNCC1(CCc2ccsc2)CCOCC1. The smallest absolute Gasteiger partial charge is 0.0471 e. The summed E-state index contributed by atoms with van der Waals surface area (Å²) in [7, 11) is 0. The third-order valence-electron chi connectivity index (χ3n) is 3.83. The van der Waals surface area contributed by atoms with Gasteiger partial charge in [0.25, 0.3) is 0 Å². The molecule has 96 valence electrons. The maximum atomic E-state index is 5.52. The van der Waals surface area contributed by atoms with E-state index in [1.54, 1.807) is 11.3 Å². The van der Waals surface area contributed by atoms with Crippen LogP contribution in [0.4, 0.5) is 0 Å². The van der Waals surface area contributed by atoms with Gasteiger partial charge in [0.05, 0.1) is 0 Å². The highest BCUT2D eigenvalue weighted by atomic mass is 32.1. The molecule has 0 aromatic carbocycles. The fourth-order valence-corrected chi connectivity index (χ4v) is 3.26. The molecule has 1 fully saturated rings. The Morgan fingerprint density at radius 1 is 1.41 bits per heavy atom. The minimum absolute atomic E-state index is 0.468. The lowest BCUT2D eigenvalue weighted by atomic mass is 9.75. The van der Waals surface area contributed by atoms with E-state index in [-0.39, 0.29) is 0 Å². The monoisotopic (exact) mass is 253 g/mol. The topological polar surface area (TPSA) is 21.3 Å². The lowest BCUT2D eigenvalue weighted by Gasteiger charge is -2.37. The van der Waals surface area contributed by atoms with Crippen molar-refractivity contribution in [3.8, 4) is 0 Å². The summed E-state index contributed by atoms with van der Waals surface area (Å²) in [4.78, 5) is 0. The van der Waals surface area contributed by atoms with Crippen molar-refractivity contribution < 1.29 is 4.74 Å². The summed E-state index contributed by atoms with van der Waals surface area (Å²) in [5.41, 5.74) is 1.97. The average Bonchev–Trinajstić information content (AvgIpc) is 2.89. The zero-order valence-corrected chi connectivity index (χ0v) is 11.5. The van der Waals surface area contributed by atoms with Gasteiger partial charge in [-0.3, -0.25) is 0 Å². The summed E-state index contributed by atoms with van der Waals surface area (Å²) in [5.74, 6) is 0. The molecular formula is C14H23NOS. The van der Waals surface area contributed by atoms with Crippen LogP contribution < -0.4 is 5.32 Å². The van der Waals surface area contributed by atoms with Crippen LogP contribution in [0.3, 0.4) is 0 Å². The summed E-state index contributed by atoms with van der Waals surface area (Å²) >= 11 is 1.80. The molecule has 17 heavy (non-hydrogen) atoms. The van der Waals surface area contributed by atoms with Gasteiger partial charge >= 0.3 is 0 Å². The Morgan fingerprint density at radius 2 is 2.24 bits per heavy atom. The number of aryl methyl sites for hydroxylation is 1. The molecule has 2 heterocycles. The maximum Gasteiger partial charge on any atom is 0.0471 e. The fourth-order valence-electron chi connectivity index (χ4n) is 2.55. The highest BCUT2D eigenvalue weighted by Gasteiger charge is 2.31. The first kappa shape index (κ1) is 13.1. The number of rotatable bonds is 6. The minimum Gasteiger partial charge on any atom is -0.381 e. The zero-order chi connectivity index (χ0) is 12.0. The van der Waals surface area contributed by atoms with Crippen LogP contribution in [0.1, 0.15) is 31.7 Å². The molecule has 3 heteroatoms. The molecule has 0 bridgehead atoms. The summed E-state index contributed by atoms with van der Waals surface area (Å²) in [6.45, 7) is 6.29. The van der Waals surface area contributed by atoms with E-state index in [0.717, 1.165) is 26.3 Å². The number of hydrogen-bond donors (Lipinski definition) is 1. The van der Waals surface area contributed by atoms with Gasteiger partial charge < -0.3 is 10.1 Å². The third kappa shape index (κ3) is 3.80. The van der Waals surface area contributed by atoms with E-state index in [4.69, 9.17) is 4.74 Å². The predicted molar refractivity (Wildman–Crippen MR) is 73.7 cm³/mol. The summed E-state index contributed by atoms with van der Waals surface area (Å²) < 4.78 is 5.52. The van der Waals surface area contributed by atoms with Gasteiger partial charge in [-0.2, -0.15) is 11.3 Å². The molecule has 0 unspecified atom stereocenters. The van der Waals surface area contributed by atoms with Gasteiger partial charge in [-0.05, 0) is 60.0 Å². The Morgan fingerprint density at radius 3 is 2.88 bits per heavy atom. The molecule has 2 nitrogen and oxygen atoms in total. The van der Waals surface area contributed by atoms with Crippen LogP contribution in [0.25, 0.3) is 0 Å². The van der Waals surface area contributed by atoms with Crippen LogP contribution in [0, 0.1) is 5.41 Å². The molecule has 0 spiro atoms. The van der Waals surface area contributed by atoms with Crippen LogP contribution >= 0.6 is 11.3 Å². The molecular weight excluding hydrogens is 230 g/mol. The molecule has 0 radical (unpaired) electrons. The molecule has 1 saturated heterocycles. The number of thiophene rings is 1. The Bertz CT molecular complexity index is 304. The molecule has 1 aromatic heterocycles. The Kier molecular flexibility index (Phi) is 5.01. The van der Waals surface area contributed by atoms with Crippen molar-refractivity contribution in [2.45, 2.75) is 32.6 Å². The van der Waals surface area contributed by atoms with E-state index < -0.39 is 0 Å². The van der Waals surface area contributed by atoms with Gasteiger partial charge in [0.2, 0.25) is 0 Å². The highest BCUT2D eigenvalue weighted by molar-refractivity contribution is 7.07. The van der Waals surface area contributed by atoms with Crippen molar-refractivity contribution in [1.82, 2.24) is 5.32 Å². The Balaban J connectivity index is 1.90. The van der Waals surface area contributed by atoms with Crippen molar-refractivity contribution in [1.29, 1.82) is 0 Å². The fraction of sp³-hybridized carbons (Fsp3) is 0.714. The van der Waals surface area contributed by atoms with Crippen LogP contribution in [-0.4, -0.2) is 26.3 Å². The Labute approximate surface area is 108 Å².